The molecule has 1 aliphatic rings. The number of Topliss-reactive ketones (excluding diaryl/α,β-unsaturated/α-hetero) is 1. The Bertz CT molecular complexity index is 972. The highest BCUT2D eigenvalue weighted by atomic mass is 16.1. The second kappa shape index (κ2) is 6.79. The minimum Gasteiger partial charge on any atom is -0.370 e. The van der Waals surface area contributed by atoms with Gasteiger partial charge in [-0.25, -0.2) is 0 Å². The smallest absolute Gasteiger partial charge is 0.217 e. The maximum Gasteiger partial charge on any atom is 0.217 e. The van der Waals surface area contributed by atoms with Crippen LogP contribution in [0.1, 0.15) is 40.9 Å². The SMILES string of the molecule is NC(=O)CC[C@@H]1CCc2c(c3ccccc3n2Cc2ccccc2)C1=O. The van der Waals surface area contributed by atoms with Gasteiger partial charge in [0.15, 0.2) is 5.78 Å². The number of nitrogens with zero attached hydrogens (tertiary/aromatic N) is 1. The number of benzene rings is 2. The van der Waals surface area contributed by atoms with E-state index in [0.717, 1.165) is 41.5 Å². The highest BCUT2D eigenvalue weighted by Gasteiger charge is 2.32. The van der Waals surface area contributed by atoms with Crippen LogP contribution in [-0.2, 0) is 17.8 Å². The van der Waals surface area contributed by atoms with Gasteiger partial charge in [0, 0.05) is 41.0 Å². The molecule has 132 valence electrons. The van der Waals surface area contributed by atoms with Gasteiger partial charge in [-0.15, -0.1) is 0 Å². The van der Waals surface area contributed by atoms with E-state index in [1.807, 2.05) is 36.4 Å². The van der Waals surface area contributed by atoms with Crippen LogP contribution in [0.5, 0.6) is 0 Å². The van der Waals surface area contributed by atoms with Crippen LogP contribution >= 0.6 is 0 Å². The number of amides is 1. The number of ketones is 1. The van der Waals surface area contributed by atoms with Crippen molar-refractivity contribution in [3.63, 3.8) is 0 Å². The monoisotopic (exact) mass is 346 g/mol. The predicted octanol–water partition coefficient (Wildman–Crippen LogP) is 3.70. The lowest BCUT2D eigenvalue weighted by atomic mass is 9.82. The lowest BCUT2D eigenvalue weighted by molar-refractivity contribution is -0.118. The Morgan fingerprint density at radius 2 is 1.81 bits per heavy atom. The van der Waals surface area contributed by atoms with E-state index < -0.39 is 0 Å². The molecule has 0 bridgehead atoms. The minimum atomic E-state index is -0.338. The van der Waals surface area contributed by atoms with E-state index in [4.69, 9.17) is 5.73 Å². The van der Waals surface area contributed by atoms with Crippen LogP contribution in [0.4, 0.5) is 0 Å². The van der Waals surface area contributed by atoms with Crippen molar-refractivity contribution in [2.24, 2.45) is 11.7 Å². The molecule has 0 radical (unpaired) electrons. The summed E-state index contributed by atoms with van der Waals surface area (Å²) in [7, 11) is 0. The topological polar surface area (TPSA) is 65.1 Å². The summed E-state index contributed by atoms with van der Waals surface area (Å²) in [5, 5.41) is 1.02. The van der Waals surface area contributed by atoms with Gasteiger partial charge in [0.05, 0.1) is 0 Å². The van der Waals surface area contributed by atoms with Gasteiger partial charge in [-0.2, -0.15) is 0 Å². The number of hydrogen-bond acceptors (Lipinski definition) is 2. The van der Waals surface area contributed by atoms with E-state index >= 15 is 0 Å². The zero-order chi connectivity index (χ0) is 18.1. The molecule has 2 aromatic carbocycles. The van der Waals surface area contributed by atoms with Gasteiger partial charge in [-0.1, -0.05) is 48.5 Å². The van der Waals surface area contributed by atoms with Gasteiger partial charge in [-0.3, -0.25) is 9.59 Å². The van der Waals surface area contributed by atoms with E-state index in [2.05, 4.69) is 22.8 Å². The van der Waals surface area contributed by atoms with Gasteiger partial charge < -0.3 is 10.3 Å². The summed E-state index contributed by atoms with van der Waals surface area (Å²) in [5.74, 6) is -0.281. The summed E-state index contributed by atoms with van der Waals surface area (Å²) in [5.41, 5.74) is 9.57. The van der Waals surface area contributed by atoms with Crippen molar-refractivity contribution < 1.29 is 9.59 Å². The van der Waals surface area contributed by atoms with Crippen molar-refractivity contribution in [2.75, 3.05) is 0 Å². The van der Waals surface area contributed by atoms with Gasteiger partial charge in [0.2, 0.25) is 5.91 Å². The van der Waals surface area contributed by atoms with Crippen molar-refractivity contribution in [3.05, 3.63) is 71.4 Å². The minimum absolute atomic E-state index is 0.106. The lowest BCUT2D eigenvalue weighted by Gasteiger charge is -2.22. The van der Waals surface area contributed by atoms with Crippen LogP contribution in [0.25, 0.3) is 10.9 Å². The molecule has 0 aliphatic heterocycles. The number of hydrogen-bond donors (Lipinski definition) is 1. The van der Waals surface area contributed by atoms with Gasteiger partial charge in [0.25, 0.3) is 0 Å². The van der Waals surface area contributed by atoms with Crippen LogP contribution in [0.2, 0.25) is 0 Å². The number of primary amides is 1. The first-order chi connectivity index (χ1) is 12.6. The Labute approximate surface area is 152 Å². The molecule has 4 rings (SSSR count). The average molecular weight is 346 g/mol. The summed E-state index contributed by atoms with van der Waals surface area (Å²) in [6.45, 7) is 0.760. The summed E-state index contributed by atoms with van der Waals surface area (Å²) < 4.78 is 2.28. The molecule has 4 nitrogen and oxygen atoms in total. The molecule has 0 saturated carbocycles. The number of fused-ring (bicyclic) bond motifs is 3. The van der Waals surface area contributed by atoms with Gasteiger partial charge in [0.1, 0.15) is 0 Å². The Hall–Kier alpha value is -2.88. The maximum atomic E-state index is 13.1. The molecule has 1 aromatic heterocycles. The van der Waals surface area contributed by atoms with E-state index in [9.17, 15) is 9.59 Å². The number of nitrogens with two attached hydrogens (primary N) is 1. The Morgan fingerprint density at radius 1 is 1.08 bits per heavy atom. The van der Waals surface area contributed by atoms with Crippen molar-refractivity contribution >= 4 is 22.6 Å². The van der Waals surface area contributed by atoms with Crippen molar-refractivity contribution in [2.45, 2.75) is 32.2 Å². The summed E-state index contributed by atoms with van der Waals surface area (Å²) in [6, 6.07) is 18.4. The second-order valence-corrected chi connectivity index (χ2v) is 7.02. The predicted molar refractivity (Wildman–Crippen MR) is 102 cm³/mol. The molecule has 2 N–H and O–H groups in total. The molecule has 1 aliphatic carbocycles. The first-order valence-electron chi connectivity index (χ1n) is 9.11. The average Bonchev–Trinajstić information content (AvgIpc) is 2.97. The van der Waals surface area contributed by atoms with E-state index in [0.29, 0.717) is 6.42 Å². The van der Waals surface area contributed by atoms with Crippen LogP contribution in [-0.4, -0.2) is 16.3 Å². The summed E-state index contributed by atoms with van der Waals surface area (Å²) in [4.78, 5) is 24.3. The molecule has 1 heterocycles. The highest BCUT2D eigenvalue weighted by molar-refractivity contribution is 6.11. The quantitative estimate of drug-likeness (QED) is 0.765. The zero-order valence-electron chi connectivity index (χ0n) is 14.7. The van der Waals surface area contributed by atoms with E-state index in [1.54, 1.807) is 0 Å². The van der Waals surface area contributed by atoms with Gasteiger partial charge in [-0.05, 0) is 30.9 Å². The molecule has 0 spiro atoms. The third-order valence-electron chi connectivity index (χ3n) is 5.35. The zero-order valence-corrected chi connectivity index (χ0v) is 14.7. The summed E-state index contributed by atoms with van der Waals surface area (Å²) in [6.07, 6.45) is 2.45. The number of carbonyl (C=O) groups is 2. The first-order valence-corrected chi connectivity index (χ1v) is 9.11. The Kier molecular flexibility index (Phi) is 4.33. The van der Waals surface area contributed by atoms with Crippen LogP contribution < -0.4 is 5.73 Å². The largest absolute Gasteiger partial charge is 0.370 e. The van der Waals surface area contributed by atoms with Crippen LogP contribution in [0.15, 0.2) is 54.6 Å². The van der Waals surface area contributed by atoms with Crippen molar-refractivity contribution in [3.8, 4) is 0 Å². The molecular formula is C22H22N2O2. The molecule has 26 heavy (non-hydrogen) atoms. The number of aromatic nitrogens is 1. The maximum absolute atomic E-state index is 13.1. The van der Waals surface area contributed by atoms with E-state index in [-0.39, 0.29) is 24.0 Å². The number of rotatable bonds is 5. The van der Waals surface area contributed by atoms with Gasteiger partial charge >= 0.3 is 0 Å². The normalized spacial score (nSPS) is 16.6. The molecule has 0 unspecified atom stereocenters. The molecule has 3 aromatic rings. The number of para-hydroxylation sites is 1. The fourth-order valence-electron chi connectivity index (χ4n) is 4.08. The summed E-state index contributed by atoms with van der Waals surface area (Å²) >= 11 is 0. The van der Waals surface area contributed by atoms with Crippen LogP contribution in [0, 0.1) is 5.92 Å². The first kappa shape index (κ1) is 16.6. The lowest BCUT2D eigenvalue weighted by Crippen LogP contribution is -2.25. The Morgan fingerprint density at radius 3 is 2.58 bits per heavy atom. The number of carbonyl (C=O) groups excluding carboxylic acids is 2. The third kappa shape index (κ3) is 2.92. The molecule has 1 amide bonds. The molecule has 0 fully saturated rings. The fraction of sp³-hybridized carbons (Fsp3) is 0.273. The van der Waals surface area contributed by atoms with Crippen LogP contribution in [0.3, 0.4) is 0 Å². The van der Waals surface area contributed by atoms with E-state index in [1.165, 1.54) is 5.56 Å². The standard InChI is InChI=1S/C22H22N2O2/c23-20(25)13-11-16-10-12-19-21(22(16)26)17-8-4-5-9-18(17)24(19)14-15-6-2-1-3-7-15/h1-9,16H,10-14H2,(H2,23,25)/t16-/m0/s1. The molecule has 1 atom stereocenters. The van der Waals surface area contributed by atoms with Crippen molar-refractivity contribution in [1.29, 1.82) is 0 Å². The highest BCUT2D eigenvalue weighted by Crippen LogP contribution is 2.36. The molecule has 0 saturated heterocycles. The Balaban J connectivity index is 1.77. The fourth-order valence-corrected chi connectivity index (χ4v) is 4.08. The molecule has 4 heteroatoms. The molecular weight excluding hydrogens is 324 g/mol. The van der Waals surface area contributed by atoms with Crippen molar-refractivity contribution in [1.82, 2.24) is 4.57 Å². The third-order valence-corrected chi connectivity index (χ3v) is 5.35. The second-order valence-electron chi connectivity index (χ2n) is 7.02.